The van der Waals surface area contributed by atoms with E-state index in [9.17, 15) is 0 Å². The van der Waals surface area contributed by atoms with Gasteiger partial charge in [0.15, 0.2) is 0 Å². The van der Waals surface area contributed by atoms with Crippen LogP contribution in [0, 0.1) is 11.3 Å². The Bertz CT molecular complexity index is 149. The molecule has 58 valence electrons. The summed E-state index contributed by atoms with van der Waals surface area (Å²) in [4.78, 5) is 0. The van der Waals surface area contributed by atoms with Gasteiger partial charge in [-0.25, -0.2) is 0 Å². The number of nitrogens with one attached hydrogen (secondary N) is 1. The van der Waals surface area contributed by atoms with Crippen molar-refractivity contribution in [3.63, 3.8) is 0 Å². The van der Waals surface area contributed by atoms with Crippen LogP contribution in [0.4, 0.5) is 0 Å². The Morgan fingerprint density at radius 1 is 1.70 bits per heavy atom. The monoisotopic (exact) mass is 251 g/mol. The lowest BCUT2D eigenvalue weighted by atomic mass is 10.1. The van der Waals surface area contributed by atoms with E-state index in [1.807, 2.05) is 29.5 Å². The molecule has 0 heterocycles. The number of hydrogen-bond acceptors (Lipinski definition) is 1. The molecule has 0 aliphatic rings. The van der Waals surface area contributed by atoms with Crippen molar-refractivity contribution < 1.29 is 0 Å². The highest BCUT2D eigenvalue weighted by Crippen LogP contribution is 2.09. The molecule has 0 aromatic rings. The molecular formula is C8H14IN. The first-order valence-electron chi connectivity index (χ1n) is 3.50. The topological polar surface area (TPSA) is 23.9 Å². The van der Waals surface area contributed by atoms with Crippen LogP contribution in [0.3, 0.4) is 0 Å². The maximum Gasteiger partial charge on any atom is 0.0945 e. The number of rotatable bonds is 3. The number of hydrogen-bond donors (Lipinski definition) is 1. The standard InChI is InChI=1S/C8H14IN/c1-4-6(2)5-7(3)8(9)10/h5-6,10H,4H2,1-3H3/b7-5-,10-8?. The van der Waals surface area contributed by atoms with Gasteiger partial charge in [0.25, 0.3) is 0 Å². The molecule has 0 aliphatic carbocycles. The normalized spacial score (nSPS) is 15.0. The molecule has 0 aromatic carbocycles. The van der Waals surface area contributed by atoms with E-state index in [4.69, 9.17) is 5.41 Å². The highest BCUT2D eigenvalue weighted by molar-refractivity contribution is 14.1. The summed E-state index contributed by atoms with van der Waals surface area (Å²) < 4.78 is 0.651. The summed E-state index contributed by atoms with van der Waals surface area (Å²) in [6.45, 7) is 6.31. The zero-order valence-corrected chi connectivity index (χ0v) is 8.90. The van der Waals surface area contributed by atoms with Gasteiger partial charge < -0.3 is 0 Å². The molecule has 0 amide bonds. The second-order valence-corrected chi connectivity index (χ2v) is 3.63. The van der Waals surface area contributed by atoms with Crippen molar-refractivity contribution in [2.45, 2.75) is 27.2 Å². The van der Waals surface area contributed by atoms with Crippen molar-refractivity contribution in [2.75, 3.05) is 0 Å². The van der Waals surface area contributed by atoms with Crippen LogP contribution < -0.4 is 0 Å². The summed E-state index contributed by atoms with van der Waals surface area (Å²) >= 11 is 2.03. The molecule has 0 rings (SSSR count). The molecular weight excluding hydrogens is 237 g/mol. The lowest BCUT2D eigenvalue weighted by Crippen LogP contribution is -1.91. The van der Waals surface area contributed by atoms with E-state index in [0.717, 1.165) is 12.0 Å². The Kier molecular flexibility index (Phi) is 4.95. The second kappa shape index (κ2) is 4.88. The van der Waals surface area contributed by atoms with Crippen LogP contribution in [0.2, 0.25) is 0 Å². The van der Waals surface area contributed by atoms with Crippen LogP contribution in [0.15, 0.2) is 11.6 Å². The lowest BCUT2D eigenvalue weighted by molar-refractivity contribution is 0.695. The van der Waals surface area contributed by atoms with Gasteiger partial charge in [-0.05, 0) is 41.0 Å². The predicted octanol–water partition coefficient (Wildman–Crippen LogP) is 3.39. The van der Waals surface area contributed by atoms with Crippen molar-refractivity contribution in [1.82, 2.24) is 0 Å². The molecule has 0 saturated carbocycles. The summed E-state index contributed by atoms with van der Waals surface area (Å²) in [6.07, 6.45) is 3.30. The molecule has 0 saturated heterocycles. The van der Waals surface area contributed by atoms with Crippen LogP contribution in [0.1, 0.15) is 27.2 Å². The van der Waals surface area contributed by atoms with Crippen molar-refractivity contribution >= 4 is 26.3 Å². The van der Waals surface area contributed by atoms with Gasteiger partial charge in [0, 0.05) is 0 Å². The Morgan fingerprint density at radius 2 is 2.20 bits per heavy atom. The Hall–Kier alpha value is 0.140. The molecule has 10 heavy (non-hydrogen) atoms. The predicted molar refractivity (Wildman–Crippen MR) is 55.0 cm³/mol. The fourth-order valence-corrected chi connectivity index (χ4v) is 0.798. The quantitative estimate of drug-likeness (QED) is 0.587. The van der Waals surface area contributed by atoms with Gasteiger partial charge in [0.1, 0.15) is 0 Å². The Morgan fingerprint density at radius 3 is 2.50 bits per heavy atom. The minimum Gasteiger partial charge on any atom is -0.294 e. The molecule has 0 aromatic heterocycles. The molecule has 0 radical (unpaired) electrons. The maximum absolute atomic E-state index is 7.29. The molecule has 2 heteroatoms. The highest BCUT2D eigenvalue weighted by Gasteiger charge is 1.96. The van der Waals surface area contributed by atoms with E-state index in [2.05, 4.69) is 19.9 Å². The van der Waals surface area contributed by atoms with Gasteiger partial charge in [-0.3, -0.25) is 5.41 Å². The summed E-state index contributed by atoms with van der Waals surface area (Å²) in [7, 11) is 0. The zero-order valence-electron chi connectivity index (χ0n) is 6.74. The molecule has 0 fully saturated rings. The first-order valence-corrected chi connectivity index (χ1v) is 4.58. The third kappa shape index (κ3) is 4.04. The minimum absolute atomic E-state index is 0.607. The van der Waals surface area contributed by atoms with E-state index >= 15 is 0 Å². The van der Waals surface area contributed by atoms with Crippen molar-refractivity contribution in [1.29, 1.82) is 5.41 Å². The third-order valence-electron chi connectivity index (χ3n) is 1.52. The van der Waals surface area contributed by atoms with E-state index < -0.39 is 0 Å². The maximum atomic E-state index is 7.29. The Labute approximate surface area is 76.6 Å². The molecule has 0 spiro atoms. The average molecular weight is 251 g/mol. The molecule has 1 unspecified atom stereocenters. The average Bonchev–Trinajstić information content (AvgIpc) is 1.87. The fraction of sp³-hybridized carbons (Fsp3) is 0.625. The number of halogens is 1. The van der Waals surface area contributed by atoms with Gasteiger partial charge in [-0.15, -0.1) is 0 Å². The summed E-state index contributed by atoms with van der Waals surface area (Å²) in [5.41, 5.74) is 1.09. The molecule has 1 N–H and O–H groups in total. The first-order chi connectivity index (χ1) is 4.57. The van der Waals surface area contributed by atoms with E-state index in [1.54, 1.807) is 0 Å². The van der Waals surface area contributed by atoms with Gasteiger partial charge in [-0.1, -0.05) is 26.3 Å². The highest BCUT2D eigenvalue weighted by atomic mass is 127. The first kappa shape index (κ1) is 10.1. The third-order valence-corrected chi connectivity index (χ3v) is 2.38. The Balaban J connectivity index is 4.02. The van der Waals surface area contributed by atoms with Crippen LogP contribution in [0.25, 0.3) is 0 Å². The molecule has 0 aliphatic heterocycles. The fourth-order valence-electron chi connectivity index (χ4n) is 0.618. The van der Waals surface area contributed by atoms with Crippen molar-refractivity contribution in [3.8, 4) is 0 Å². The van der Waals surface area contributed by atoms with Crippen molar-refractivity contribution in [3.05, 3.63) is 11.6 Å². The van der Waals surface area contributed by atoms with Crippen LogP contribution >= 0.6 is 22.6 Å². The van der Waals surface area contributed by atoms with E-state index in [0.29, 0.717) is 9.64 Å². The summed E-state index contributed by atoms with van der Waals surface area (Å²) in [5.74, 6) is 0.607. The molecule has 1 nitrogen and oxygen atoms in total. The van der Waals surface area contributed by atoms with Gasteiger partial charge in [0.05, 0.1) is 3.72 Å². The van der Waals surface area contributed by atoms with E-state index in [1.165, 1.54) is 0 Å². The lowest BCUT2D eigenvalue weighted by Gasteiger charge is -2.02. The van der Waals surface area contributed by atoms with Crippen LogP contribution in [-0.4, -0.2) is 3.72 Å². The van der Waals surface area contributed by atoms with Gasteiger partial charge in [-0.2, -0.15) is 0 Å². The smallest absolute Gasteiger partial charge is 0.0945 e. The second-order valence-electron chi connectivity index (χ2n) is 2.55. The van der Waals surface area contributed by atoms with Gasteiger partial charge in [0.2, 0.25) is 0 Å². The van der Waals surface area contributed by atoms with E-state index in [-0.39, 0.29) is 0 Å². The van der Waals surface area contributed by atoms with Crippen LogP contribution in [-0.2, 0) is 0 Å². The minimum atomic E-state index is 0.607. The summed E-state index contributed by atoms with van der Waals surface area (Å²) in [5, 5.41) is 7.29. The summed E-state index contributed by atoms with van der Waals surface area (Å²) in [6, 6.07) is 0. The van der Waals surface area contributed by atoms with Crippen molar-refractivity contribution in [2.24, 2.45) is 5.92 Å². The largest absolute Gasteiger partial charge is 0.294 e. The zero-order chi connectivity index (χ0) is 8.15. The SMILES string of the molecule is CCC(C)/C=C(/C)C(=N)I. The van der Waals surface area contributed by atoms with Crippen LogP contribution in [0.5, 0.6) is 0 Å². The molecule has 0 bridgehead atoms. The number of allylic oxidation sites excluding steroid dienone is 2. The van der Waals surface area contributed by atoms with Gasteiger partial charge >= 0.3 is 0 Å². The molecule has 1 atom stereocenters.